The van der Waals surface area contributed by atoms with Crippen molar-refractivity contribution in [2.75, 3.05) is 33.7 Å². The standard InChI is InChI=1S/C13H28N2O/c1-4-13(7-5-6-8-13)11-14-9-12(16)10-15(2)3/h12,14,16H,4-11H2,1-3H3. The largest absolute Gasteiger partial charge is 0.390 e. The van der Waals surface area contributed by atoms with Gasteiger partial charge in [0.05, 0.1) is 6.10 Å². The third-order valence-electron chi connectivity index (χ3n) is 3.87. The summed E-state index contributed by atoms with van der Waals surface area (Å²) in [6, 6.07) is 0. The Balaban J connectivity index is 2.18. The predicted molar refractivity (Wildman–Crippen MR) is 68.6 cm³/mol. The van der Waals surface area contributed by atoms with E-state index >= 15 is 0 Å². The molecule has 0 aromatic rings. The fourth-order valence-electron chi connectivity index (χ4n) is 2.77. The fraction of sp³-hybridized carbons (Fsp3) is 1.00. The van der Waals surface area contributed by atoms with Crippen LogP contribution < -0.4 is 5.32 Å². The average Bonchev–Trinajstić information content (AvgIpc) is 2.66. The van der Waals surface area contributed by atoms with E-state index in [4.69, 9.17) is 0 Å². The molecule has 0 saturated heterocycles. The number of rotatable bonds is 7. The minimum atomic E-state index is -0.245. The van der Waals surface area contributed by atoms with Crippen LogP contribution in [0.2, 0.25) is 0 Å². The molecule has 1 aliphatic rings. The van der Waals surface area contributed by atoms with Gasteiger partial charge >= 0.3 is 0 Å². The van der Waals surface area contributed by atoms with Gasteiger partial charge in [0.15, 0.2) is 0 Å². The summed E-state index contributed by atoms with van der Waals surface area (Å²) in [5.41, 5.74) is 0.526. The topological polar surface area (TPSA) is 35.5 Å². The molecule has 0 aliphatic heterocycles. The third-order valence-corrected chi connectivity index (χ3v) is 3.87. The first-order chi connectivity index (χ1) is 7.58. The molecule has 0 aromatic carbocycles. The number of aliphatic hydroxyl groups excluding tert-OH is 1. The van der Waals surface area contributed by atoms with E-state index in [0.29, 0.717) is 5.41 Å². The number of likely N-dealkylation sites (N-methyl/N-ethyl adjacent to an activating group) is 1. The third kappa shape index (κ3) is 4.40. The maximum atomic E-state index is 9.75. The highest BCUT2D eigenvalue weighted by Gasteiger charge is 2.31. The zero-order valence-electron chi connectivity index (χ0n) is 11.1. The SMILES string of the molecule is CCC1(CNCC(O)CN(C)C)CCCC1. The molecule has 1 fully saturated rings. The van der Waals surface area contributed by atoms with E-state index in [-0.39, 0.29) is 6.10 Å². The normalized spacial score (nSPS) is 21.6. The number of hydrogen-bond donors (Lipinski definition) is 2. The van der Waals surface area contributed by atoms with Crippen molar-refractivity contribution in [3.05, 3.63) is 0 Å². The van der Waals surface area contributed by atoms with E-state index in [2.05, 4.69) is 12.2 Å². The van der Waals surface area contributed by atoms with Gasteiger partial charge < -0.3 is 15.3 Å². The Kier molecular flexibility index (Phi) is 5.73. The summed E-state index contributed by atoms with van der Waals surface area (Å²) >= 11 is 0. The summed E-state index contributed by atoms with van der Waals surface area (Å²) in [7, 11) is 3.99. The average molecular weight is 228 g/mol. The van der Waals surface area contributed by atoms with Gasteiger partial charge in [-0.05, 0) is 38.8 Å². The van der Waals surface area contributed by atoms with Crippen molar-refractivity contribution in [1.82, 2.24) is 10.2 Å². The molecule has 0 bridgehead atoms. The Morgan fingerprint density at radius 2 is 1.94 bits per heavy atom. The van der Waals surface area contributed by atoms with E-state index in [1.54, 1.807) is 0 Å². The van der Waals surface area contributed by atoms with Gasteiger partial charge in [0, 0.05) is 19.6 Å². The van der Waals surface area contributed by atoms with Gasteiger partial charge in [-0.25, -0.2) is 0 Å². The fourth-order valence-corrected chi connectivity index (χ4v) is 2.77. The molecule has 1 aliphatic carbocycles. The van der Waals surface area contributed by atoms with Gasteiger partial charge in [0.25, 0.3) is 0 Å². The van der Waals surface area contributed by atoms with Crippen molar-refractivity contribution in [3.8, 4) is 0 Å². The molecule has 0 aromatic heterocycles. The molecule has 1 atom stereocenters. The molecule has 2 N–H and O–H groups in total. The first-order valence-electron chi connectivity index (χ1n) is 6.61. The first kappa shape index (κ1) is 13.9. The Morgan fingerprint density at radius 1 is 1.31 bits per heavy atom. The number of aliphatic hydroxyl groups is 1. The van der Waals surface area contributed by atoms with E-state index in [9.17, 15) is 5.11 Å². The molecule has 16 heavy (non-hydrogen) atoms. The summed E-state index contributed by atoms with van der Waals surface area (Å²) in [6.07, 6.45) is 6.51. The van der Waals surface area contributed by atoms with Crippen molar-refractivity contribution in [2.45, 2.75) is 45.1 Å². The van der Waals surface area contributed by atoms with Crippen LogP contribution in [0.5, 0.6) is 0 Å². The van der Waals surface area contributed by atoms with Gasteiger partial charge in [-0.15, -0.1) is 0 Å². The van der Waals surface area contributed by atoms with Crippen LogP contribution >= 0.6 is 0 Å². The molecule has 0 spiro atoms. The molecule has 0 amide bonds. The molecule has 3 nitrogen and oxygen atoms in total. The molecular weight excluding hydrogens is 200 g/mol. The summed E-state index contributed by atoms with van der Waals surface area (Å²) in [5.74, 6) is 0. The van der Waals surface area contributed by atoms with Crippen LogP contribution in [0.25, 0.3) is 0 Å². The Hall–Kier alpha value is -0.120. The van der Waals surface area contributed by atoms with Crippen molar-refractivity contribution >= 4 is 0 Å². The molecule has 96 valence electrons. The second-order valence-electron chi connectivity index (χ2n) is 5.61. The summed E-state index contributed by atoms with van der Waals surface area (Å²) in [5, 5.41) is 13.2. The molecular formula is C13H28N2O. The van der Waals surface area contributed by atoms with Crippen molar-refractivity contribution < 1.29 is 5.11 Å². The minimum Gasteiger partial charge on any atom is -0.390 e. The second-order valence-corrected chi connectivity index (χ2v) is 5.61. The summed E-state index contributed by atoms with van der Waals surface area (Å²) in [6.45, 7) is 4.84. The van der Waals surface area contributed by atoms with Gasteiger partial charge in [-0.2, -0.15) is 0 Å². The van der Waals surface area contributed by atoms with E-state index in [0.717, 1.165) is 19.6 Å². The van der Waals surface area contributed by atoms with Crippen molar-refractivity contribution in [2.24, 2.45) is 5.41 Å². The molecule has 1 saturated carbocycles. The van der Waals surface area contributed by atoms with Crippen molar-refractivity contribution in [3.63, 3.8) is 0 Å². The lowest BCUT2D eigenvalue weighted by Gasteiger charge is -2.28. The maximum absolute atomic E-state index is 9.75. The summed E-state index contributed by atoms with van der Waals surface area (Å²) in [4.78, 5) is 2.03. The van der Waals surface area contributed by atoms with Gasteiger partial charge in [-0.1, -0.05) is 19.8 Å². The lowest BCUT2D eigenvalue weighted by atomic mass is 9.83. The molecule has 3 heteroatoms. The number of nitrogens with zero attached hydrogens (tertiary/aromatic N) is 1. The van der Waals surface area contributed by atoms with Gasteiger partial charge in [0.2, 0.25) is 0 Å². The van der Waals surface area contributed by atoms with Crippen LogP contribution in [-0.2, 0) is 0 Å². The highest BCUT2D eigenvalue weighted by atomic mass is 16.3. The lowest BCUT2D eigenvalue weighted by Crippen LogP contribution is -2.39. The first-order valence-corrected chi connectivity index (χ1v) is 6.61. The molecule has 1 unspecified atom stereocenters. The van der Waals surface area contributed by atoms with E-state index < -0.39 is 0 Å². The van der Waals surface area contributed by atoms with E-state index in [1.165, 1.54) is 32.1 Å². The zero-order valence-corrected chi connectivity index (χ0v) is 11.1. The highest BCUT2D eigenvalue weighted by Crippen LogP contribution is 2.40. The van der Waals surface area contributed by atoms with Gasteiger partial charge in [0.1, 0.15) is 0 Å². The van der Waals surface area contributed by atoms with Crippen LogP contribution in [0.15, 0.2) is 0 Å². The smallest absolute Gasteiger partial charge is 0.0791 e. The second kappa shape index (κ2) is 6.58. The van der Waals surface area contributed by atoms with Crippen LogP contribution in [-0.4, -0.2) is 49.8 Å². The van der Waals surface area contributed by atoms with Crippen LogP contribution in [0.1, 0.15) is 39.0 Å². The number of nitrogens with one attached hydrogen (secondary N) is 1. The summed E-state index contributed by atoms with van der Waals surface area (Å²) < 4.78 is 0. The monoisotopic (exact) mass is 228 g/mol. The predicted octanol–water partition coefficient (Wildman–Crippen LogP) is 1.47. The quantitative estimate of drug-likeness (QED) is 0.692. The Morgan fingerprint density at radius 3 is 2.44 bits per heavy atom. The Bertz CT molecular complexity index is 188. The van der Waals surface area contributed by atoms with E-state index in [1.807, 2.05) is 19.0 Å². The van der Waals surface area contributed by atoms with Crippen LogP contribution in [0, 0.1) is 5.41 Å². The number of hydrogen-bond acceptors (Lipinski definition) is 3. The lowest BCUT2D eigenvalue weighted by molar-refractivity contribution is 0.128. The minimum absolute atomic E-state index is 0.245. The Labute approximate surface area is 100 Å². The maximum Gasteiger partial charge on any atom is 0.0791 e. The van der Waals surface area contributed by atoms with Gasteiger partial charge in [-0.3, -0.25) is 0 Å². The molecule has 1 rings (SSSR count). The zero-order chi connectivity index (χ0) is 12.0. The van der Waals surface area contributed by atoms with Crippen LogP contribution in [0.3, 0.4) is 0 Å². The highest BCUT2D eigenvalue weighted by molar-refractivity contribution is 4.85. The molecule has 0 heterocycles. The molecule has 0 radical (unpaired) electrons. The van der Waals surface area contributed by atoms with Crippen molar-refractivity contribution in [1.29, 1.82) is 0 Å². The van der Waals surface area contributed by atoms with Crippen LogP contribution in [0.4, 0.5) is 0 Å².